The third-order valence-electron chi connectivity index (χ3n) is 3.06. The zero-order valence-corrected chi connectivity index (χ0v) is 9.60. The fraction of sp³-hybridized carbons (Fsp3) is 0.417. The van der Waals surface area contributed by atoms with Crippen molar-refractivity contribution >= 4 is 17.3 Å². The van der Waals surface area contributed by atoms with Crippen molar-refractivity contribution in [3.63, 3.8) is 0 Å². The van der Waals surface area contributed by atoms with Crippen LogP contribution in [0.3, 0.4) is 0 Å². The highest BCUT2D eigenvalue weighted by molar-refractivity contribution is 5.96. The van der Waals surface area contributed by atoms with Gasteiger partial charge in [0, 0.05) is 42.6 Å². The number of anilines is 2. The molecule has 1 atom stereocenters. The standard InChI is InChI=1S/C12H17N3O2/c13-10-3-9(4-11(14)5-10)12(17)15-2-1-8(6-15)7-16/h3-5,8,16H,1-2,6-7,13-14H2. The predicted octanol–water partition coefficient (Wildman–Crippen LogP) is 0.305. The molecule has 1 saturated heterocycles. The number of amides is 1. The average molecular weight is 235 g/mol. The first-order valence-corrected chi connectivity index (χ1v) is 5.66. The molecular weight excluding hydrogens is 218 g/mol. The number of hydrogen-bond donors (Lipinski definition) is 3. The van der Waals surface area contributed by atoms with Crippen LogP contribution in [0.15, 0.2) is 18.2 Å². The van der Waals surface area contributed by atoms with Crippen LogP contribution in [0.1, 0.15) is 16.8 Å². The van der Waals surface area contributed by atoms with Gasteiger partial charge in [-0.05, 0) is 24.6 Å². The number of hydrogen-bond acceptors (Lipinski definition) is 4. The summed E-state index contributed by atoms with van der Waals surface area (Å²) in [4.78, 5) is 13.9. The molecule has 1 heterocycles. The molecule has 0 saturated carbocycles. The van der Waals surface area contributed by atoms with Gasteiger partial charge in [0.1, 0.15) is 0 Å². The Morgan fingerprint density at radius 2 is 2.00 bits per heavy atom. The smallest absolute Gasteiger partial charge is 0.254 e. The molecule has 5 nitrogen and oxygen atoms in total. The van der Waals surface area contributed by atoms with Gasteiger partial charge < -0.3 is 21.5 Å². The first kappa shape index (κ1) is 11.7. The van der Waals surface area contributed by atoms with E-state index < -0.39 is 0 Å². The second kappa shape index (κ2) is 4.63. The molecule has 1 fully saturated rings. The normalized spacial score (nSPS) is 19.6. The summed E-state index contributed by atoms with van der Waals surface area (Å²) >= 11 is 0. The van der Waals surface area contributed by atoms with Gasteiger partial charge in [-0.2, -0.15) is 0 Å². The number of likely N-dealkylation sites (tertiary alicyclic amines) is 1. The van der Waals surface area contributed by atoms with Crippen LogP contribution < -0.4 is 11.5 Å². The van der Waals surface area contributed by atoms with E-state index in [0.717, 1.165) is 6.42 Å². The van der Waals surface area contributed by atoms with E-state index in [1.807, 2.05) is 0 Å². The van der Waals surface area contributed by atoms with Crippen LogP contribution in [-0.2, 0) is 0 Å². The number of aliphatic hydroxyl groups is 1. The SMILES string of the molecule is Nc1cc(N)cc(C(=O)N2CCC(CO)C2)c1. The van der Waals surface area contributed by atoms with E-state index in [4.69, 9.17) is 16.6 Å². The van der Waals surface area contributed by atoms with Gasteiger partial charge in [0.15, 0.2) is 0 Å². The molecule has 1 unspecified atom stereocenters. The van der Waals surface area contributed by atoms with Gasteiger partial charge in [-0.1, -0.05) is 0 Å². The van der Waals surface area contributed by atoms with Crippen molar-refractivity contribution in [2.45, 2.75) is 6.42 Å². The topological polar surface area (TPSA) is 92.6 Å². The molecule has 1 aliphatic heterocycles. The Bertz CT molecular complexity index is 414. The van der Waals surface area contributed by atoms with Gasteiger partial charge in [0.25, 0.3) is 5.91 Å². The van der Waals surface area contributed by atoms with Gasteiger partial charge in [0.05, 0.1) is 0 Å². The summed E-state index contributed by atoms with van der Waals surface area (Å²) in [6.45, 7) is 1.41. The molecule has 2 rings (SSSR count). The Morgan fingerprint density at radius 1 is 1.35 bits per heavy atom. The van der Waals surface area contributed by atoms with E-state index in [1.54, 1.807) is 23.1 Å². The second-order valence-electron chi connectivity index (χ2n) is 4.48. The predicted molar refractivity (Wildman–Crippen MR) is 66.4 cm³/mol. The fourth-order valence-electron chi connectivity index (χ4n) is 2.15. The average Bonchev–Trinajstić information content (AvgIpc) is 2.75. The summed E-state index contributed by atoms with van der Waals surface area (Å²) in [7, 11) is 0. The molecule has 0 spiro atoms. The van der Waals surface area contributed by atoms with Crippen molar-refractivity contribution in [3.8, 4) is 0 Å². The van der Waals surface area contributed by atoms with Crippen LogP contribution in [-0.4, -0.2) is 35.6 Å². The molecule has 0 aromatic heterocycles. The number of nitrogen functional groups attached to an aromatic ring is 2. The summed E-state index contributed by atoms with van der Waals surface area (Å²) in [5.41, 5.74) is 12.8. The molecular formula is C12H17N3O2. The lowest BCUT2D eigenvalue weighted by Gasteiger charge is -2.16. The number of aliphatic hydroxyl groups excluding tert-OH is 1. The third kappa shape index (κ3) is 2.50. The molecule has 0 aliphatic carbocycles. The second-order valence-corrected chi connectivity index (χ2v) is 4.48. The molecule has 5 heteroatoms. The minimum absolute atomic E-state index is 0.0695. The van der Waals surface area contributed by atoms with Gasteiger partial charge in [-0.25, -0.2) is 0 Å². The van der Waals surface area contributed by atoms with Crippen molar-refractivity contribution < 1.29 is 9.90 Å². The lowest BCUT2D eigenvalue weighted by Crippen LogP contribution is -2.29. The summed E-state index contributed by atoms with van der Waals surface area (Å²) in [5, 5.41) is 9.05. The van der Waals surface area contributed by atoms with Gasteiger partial charge in [-0.3, -0.25) is 4.79 Å². The van der Waals surface area contributed by atoms with E-state index >= 15 is 0 Å². The third-order valence-corrected chi connectivity index (χ3v) is 3.06. The van der Waals surface area contributed by atoms with Gasteiger partial charge in [-0.15, -0.1) is 0 Å². The minimum atomic E-state index is -0.0695. The highest BCUT2D eigenvalue weighted by atomic mass is 16.3. The minimum Gasteiger partial charge on any atom is -0.399 e. The summed E-state index contributed by atoms with van der Waals surface area (Å²) in [5.74, 6) is 0.123. The molecule has 0 bridgehead atoms. The zero-order chi connectivity index (χ0) is 12.4. The summed E-state index contributed by atoms with van der Waals surface area (Å²) < 4.78 is 0. The molecule has 0 radical (unpaired) electrons. The quantitative estimate of drug-likeness (QED) is 0.643. The Balaban J connectivity index is 2.14. The van der Waals surface area contributed by atoms with Crippen LogP contribution >= 0.6 is 0 Å². The van der Waals surface area contributed by atoms with Crippen molar-refractivity contribution in [2.75, 3.05) is 31.2 Å². The number of carbonyl (C=O) groups is 1. The fourth-order valence-corrected chi connectivity index (χ4v) is 2.15. The maximum atomic E-state index is 12.1. The van der Waals surface area contributed by atoms with Crippen molar-refractivity contribution in [1.29, 1.82) is 0 Å². The van der Waals surface area contributed by atoms with Crippen molar-refractivity contribution in [2.24, 2.45) is 5.92 Å². The Labute approximate surface area is 100 Å². The maximum Gasteiger partial charge on any atom is 0.254 e. The molecule has 1 aliphatic rings. The zero-order valence-electron chi connectivity index (χ0n) is 9.60. The van der Waals surface area contributed by atoms with Crippen LogP contribution in [0.4, 0.5) is 11.4 Å². The van der Waals surface area contributed by atoms with Crippen molar-refractivity contribution in [1.82, 2.24) is 4.90 Å². The molecule has 1 aromatic rings. The van der Waals surface area contributed by atoms with Crippen LogP contribution in [0.25, 0.3) is 0 Å². The van der Waals surface area contributed by atoms with Crippen molar-refractivity contribution in [3.05, 3.63) is 23.8 Å². The first-order valence-electron chi connectivity index (χ1n) is 5.66. The van der Waals surface area contributed by atoms with E-state index in [2.05, 4.69) is 0 Å². The monoisotopic (exact) mass is 235 g/mol. The summed E-state index contributed by atoms with van der Waals surface area (Å²) in [6.07, 6.45) is 0.847. The Kier molecular flexibility index (Phi) is 3.19. The van der Waals surface area contributed by atoms with Gasteiger partial charge >= 0.3 is 0 Å². The molecule has 1 amide bonds. The Morgan fingerprint density at radius 3 is 2.53 bits per heavy atom. The van der Waals surface area contributed by atoms with Gasteiger partial charge in [0.2, 0.25) is 0 Å². The van der Waals surface area contributed by atoms with Crippen LogP contribution in [0, 0.1) is 5.92 Å². The lowest BCUT2D eigenvalue weighted by atomic mass is 10.1. The lowest BCUT2D eigenvalue weighted by molar-refractivity contribution is 0.0782. The molecule has 92 valence electrons. The Hall–Kier alpha value is -1.75. The molecule has 1 aromatic carbocycles. The number of benzene rings is 1. The number of rotatable bonds is 2. The maximum absolute atomic E-state index is 12.1. The number of nitrogens with two attached hydrogens (primary N) is 2. The highest BCUT2D eigenvalue weighted by Crippen LogP contribution is 2.20. The number of carbonyl (C=O) groups excluding carboxylic acids is 1. The largest absolute Gasteiger partial charge is 0.399 e. The van der Waals surface area contributed by atoms with E-state index in [1.165, 1.54) is 0 Å². The highest BCUT2D eigenvalue weighted by Gasteiger charge is 2.26. The van der Waals surface area contributed by atoms with Crippen LogP contribution in [0.2, 0.25) is 0 Å². The number of nitrogens with zero attached hydrogens (tertiary/aromatic N) is 1. The summed E-state index contributed by atoms with van der Waals surface area (Å²) in [6, 6.07) is 4.88. The van der Waals surface area contributed by atoms with E-state index in [0.29, 0.717) is 30.0 Å². The van der Waals surface area contributed by atoms with E-state index in [-0.39, 0.29) is 18.4 Å². The first-order chi connectivity index (χ1) is 8.10. The molecule has 17 heavy (non-hydrogen) atoms. The molecule has 5 N–H and O–H groups in total. The van der Waals surface area contributed by atoms with Crippen LogP contribution in [0.5, 0.6) is 0 Å². The van der Waals surface area contributed by atoms with E-state index in [9.17, 15) is 4.79 Å².